The summed E-state index contributed by atoms with van der Waals surface area (Å²) in [6, 6.07) is 22.1. The average Bonchev–Trinajstić information content (AvgIpc) is 3.27. The maximum atomic E-state index is 12.8. The van der Waals surface area contributed by atoms with Gasteiger partial charge < -0.3 is 15.4 Å². The van der Waals surface area contributed by atoms with Gasteiger partial charge in [-0.1, -0.05) is 54.9 Å². The average molecular weight is 472 g/mol. The maximum Gasteiger partial charge on any atom is 0.255 e. The first kappa shape index (κ1) is 22.1. The number of thiazole rings is 1. The Labute approximate surface area is 202 Å². The van der Waals surface area contributed by atoms with E-state index in [9.17, 15) is 9.59 Å². The van der Waals surface area contributed by atoms with Crippen LogP contribution in [-0.4, -0.2) is 16.8 Å². The molecule has 7 heteroatoms. The van der Waals surface area contributed by atoms with Gasteiger partial charge in [0.25, 0.3) is 5.91 Å². The molecule has 2 amide bonds. The number of anilines is 2. The molecule has 1 aliphatic carbocycles. The number of carbonyl (C=O) groups excluding carboxylic acids is 2. The van der Waals surface area contributed by atoms with Gasteiger partial charge in [0.2, 0.25) is 5.91 Å². The van der Waals surface area contributed by atoms with Gasteiger partial charge in [0.05, 0.1) is 10.2 Å². The Hall–Kier alpha value is -3.71. The smallest absolute Gasteiger partial charge is 0.255 e. The molecule has 6 nitrogen and oxygen atoms in total. The Morgan fingerprint density at radius 2 is 1.65 bits per heavy atom. The minimum Gasteiger partial charge on any atom is -0.457 e. The molecule has 5 rings (SSSR count). The van der Waals surface area contributed by atoms with E-state index >= 15 is 0 Å². The highest BCUT2D eigenvalue weighted by atomic mass is 32.1. The fourth-order valence-corrected chi connectivity index (χ4v) is 5.06. The second-order valence-corrected chi connectivity index (χ2v) is 9.45. The van der Waals surface area contributed by atoms with Gasteiger partial charge in [-0.15, -0.1) is 0 Å². The largest absolute Gasteiger partial charge is 0.457 e. The van der Waals surface area contributed by atoms with Gasteiger partial charge in [0.15, 0.2) is 5.13 Å². The lowest BCUT2D eigenvalue weighted by atomic mass is 9.89. The molecule has 0 spiro atoms. The van der Waals surface area contributed by atoms with Crippen LogP contribution in [0.1, 0.15) is 42.5 Å². The summed E-state index contributed by atoms with van der Waals surface area (Å²) in [5.41, 5.74) is 1.96. The first-order chi connectivity index (χ1) is 16.6. The molecular weight excluding hydrogens is 446 g/mol. The number of fused-ring (bicyclic) bond motifs is 1. The molecule has 4 aromatic rings. The van der Waals surface area contributed by atoms with Gasteiger partial charge in [0.1, 0.15) is 11.5 Å². The number of nitrogens with zero attached hydrogens (tertiary/aromatic N) is 1. The Morgan fingerprint density at radius 1 is 0.853 bits per heavy atom. The molecule has 1 heterocycles. The van der Waals surface area contributed by atoms with Gasteiger partial charge in [-0.2, -0.15) is 0 Å². The Kier molecular flexibility index (Phi) is 6.53. The van der Waals surface area contributed by atoms with Gasteiger partial charge in [-0.25, -0.2) is 4.98 Å². The molecule has 0 unspecified atom stereocenters. The molecule has 0 radical (unpaired) electrons. The molecule has 3 aromatic carbocycles. The summed E-state index contributed by atoms with van der Waals surface area (Å²) in [6.45, 7) is 0. The van der Waals surface area contributed by atoms with Gasteiger partial charge in [0, 0.05) is 17.2 Å². The minimum absolute atomic E-state index is 0.0601. The number of rotatable bonds is 6. The van der Waals surface area contributed by atoms with Crippen molar-refractivity contribution in [1.29, 1.82) is 0 Å². The van der Waals surface area contributed by atoms with Crippen molar-refractivity contribution in [3.05, 3.63) is 78.4 Å². The van der Waals surface area contributed by atoms with E-state index in [4.69, 9.17) is 4.74 Å². The summed E-state index contributed by atoms with van der Waals surface area (Å²) in [5.74, 6) is 1.22. The molecule has 1 aliphatic rings. The zero-order valence-electron chi connectivity index (χ0n) is 18.6. The molecule has 172 valence electrons. The Morgan fingerprint density at radius 3 is 2.47 bits per heavy atom. The lowest BCUT2D eigenvalue weighted by Crippen LogP contribution is -2.24. The number of para-hydroxylation sites is 1. The van der Waals surface area contributed by atoms with E-state index in [1.165, 1.54) is 17.8 Å². The van der Waals surface area contributed by atoms with Gasteiger partial charge in [-0.3, -0.25) is 9.59 Å². The third kappa shape index (κ3) is 5.26. The van der Waals surface area contributed by atoms with Crippen LogP contribution in [0.5, 0.6) is 11.5 Å². The lowest BCUT2D eigenvalue weighted by Gasteiger charge is -2.19. The summed E-state index contributed by atoms with van der Waals surface area (Å²) in [7, 11) is 0. The van der Waals surface area contributed by atoms with Gasteiger partial charge >= 0.3 is 0 Å². The SMILES string of the molecule is O=C(Nc1ccc2nc(NC(=O)C3CCCCC3)sc2c1)c1cccc(Oc2ccccc2)c1. The van der Waals surface area contributed by atoms with E-state index in [-0.39, 0.29) is 17.7 Å². The quantitative estimate of drug-likeness (QED) is 0.322. The molecule has 2 N–H and O–H groups in total. The third-order valence-corrected chi connectivity index (χ3v) is 6.86. The van der Waals surface area contributed by atoms with E-state index in [1.807, 2.05) is 54.6 Å². The summed E-state index contributed by atoms with van der Waals surface area (Å²) in [5, 5.41) is 6.52. The van der Waals surface area contributed by atoms with E-state index in [0.29, 0.717) is 27.9 Å². The summed E-state index contributed by atoms with van der Waals surface area (Å²) >= 11 is 1.42. The first-order valence-electron chi connectivity index (χ1n) is 11.5. The van der Waals surface area contributed by atoms with Gasteiger partial charge in [-0.05, 0) is 61.4 Å². The standard InChI is InChI=1S/C27H25N3O3S/c31-25(18-8-3-1-4-9-18)30-27-29-23-15-14-20(17-24(23)34-27)28-26(32)19-10-7-13-22(16-19)33-21-11-5-2-6-12-21/h2,5-7,10-18H,1,3-4,8-9H2,(H,28,32)(H,29,30,31). The number of nitrogens with one attached hydrogen (secondary N) is 2. The predicted molar refractivity (Wildman–Crippen MR) is 136 cm³/mol. The first-order valence-corrected chi connectivity index (χ1v) is 12.3. The van der Waals surface area contributed by atoms with Crippen molar-refractivity contribution >= 4 is 44.2 Å². The van der Waals surface area contributed by atoms with Crippen molar-refractivity contribution in [1.82, 2.24) is 4.98 Å². The number of ether oxygens (including phenoxy) is 1. The van der Waals surface area contributed by atoms with Crippen LogP contribution in [-0.2, 0) is 4.79 Å². The predicted octanol–water partition coefficient (Wildman–Crippen LogP) is 6.86. The van der Waals surface area contributed by atoms with Crippen LogP contribution in [0.2, 0.25) is 0 Å². The highest BCUT2D eigenvalue weighted by Crippen LogP contribution is 2.31. The number of benzene rings is 3. The zero-order valence-corrected chi connectivity index (χ0v) is 19.4. The van der Waals surface area contributed by atoms with E-state index in [1.54, 1.807) is 18.2 Å². The molecule has 1 fully saturated rings. The number of amides is 2. The minimum atomic E-state index is -0.229. The molecule has 34 heavy (non-hydrogen) atoms. The normalized spacial score (nSPS) is 14.0. The maximum absolute atomic E-state index is 12.8. The fraction of sp³-hybridized carbons (Fsp3) is 0.222. The molecule has 1 aromatic heterocycles. The molecule has 1 saturated carbocycles. The highest BCUT2D eigenvalue weighted by Gasteiger charge is 2.22. The summed E-state index contributed by atoms with van der Waals surface area (Å²) in [4.78, 5) is 29.9. The van der Waals surface area contributed by atoms with Crippen molar-refractivity contribution in [3.63, 3.8) is 0 Å². The summed E-state index contributed by atoms with van der Waals surface area (Å²) < 4.78 is 6.73. The van der Waals surface area contributed by atoms with Crippen LogP contribution < -0.4 is 15.4 Å². The van der Waals surface area contributed by atoms with Crippen LogP contribution in [0.3, 0.4) is 0 Å². The topological polar surface area (TPSA) is 80.3 Å². The summed E-state index contributed by atoms with van der Waals surface area (Å²) in [6.07, 6.45) is 5.34. The number of hydrogen-bond acceptors (Lipinski definition) is 5. The Bertz CT molecular complexity index is 1310. The molecular formula is C27H25N3O3S. The number of aromatic nitrogens is 1. The number of hydrogen-bond donors (Lipinski definition) is 2. The second kappa shape index (κ2) is 10.1. The highest BCUT2D eigenvalue weighted by molar-refractivity contribution is 7.22. The Balaban J connectivity index is 1.26. The zero-order chi connectivity index (χ0) is 23.3. The van der Waals surface area contributed by atoms with Crippen molar-refractivity contribution < 1.29 is 14.3 Å². The molecule has 0 saturated heterocycles. The van der Waals surface area contributed by atoms with E-state index in [0.717, 1.165) is 35.9 Å². The van der Waals surface area contributed by atoms with Crippen LogP contribution in [0, 0.1) is 5.92 Å². The van der Waals surface area contributed by atoms with Crippen molar-refractivity contribution in [2.24, 2.45) is 5.92 Å². The van der Waals surface area contributed by atoms with Crippen LogP contribution >= 0.6 is 11.3 Å². The van der Waals surface area contributed by atoms with Crippen LogP contribution in [0.4, 0.5) is 10.8 Å². The monoisotopic (exact) mass is 471 g/mol. The fourth-order valence-electron chi connectivity index (χ4n) is 4.16. The van der Waals surface area contributed by atoms with Crippen molar-refractivity contribution in [2.75, 3.05) is 10.6 Å². The van der Waals surface area contributed by atoms with Crippen LogP contribution in [0.25, 0.3) is 10.2 Å². The molecule has 0 aliphatic heterocycles. The van der Waals surface area contributed by atoms with Crippen molar-refractivity contribution in [3.8, 4) is 11.5 Å². The molecule has 0 bridgehead atoms. The third-order valence-electron chi connectivity index (χ3n) is 5.93. The van der Waals surface area contributed by atoms with Crippen molar-refractivity contribution in [2.45, 2.75) is 32.1 Å². The molecule has 0 atom stereocenters. The van der Waals surface area contributed by atoms with E-state index in [2.05, 4.69) is 15.6 Å². The van der Waals surface area contributed by atoms with Crippen LogP contribution in [0.15, 0.2) is 72.8 Å². The van der Waals surface area contributed by atoms with E-state index < -0.39 is 0 Å². The second-order valence-electron chi connectivity index (χ2n) is 8.42. The lowest BCUT2D eigenvalue weighted by molar-refractivity contribution is -0.120. The number of carbonyl (C=O) groups is 2.